The molecule has 4 nitrogen and oxygen atoms in total. The van der Waals surface area contributed by atoms with Crippen molar-refractivity contribution in [1.82, 2.24) is 9.38 Å². The van der Waals surface area contributed by atoms with Crippen LogP contribution in [0.5, 0.6) is 5.75 Å². The molecule has 3 aromatic rings. The number of rotatable bonds is 3. The number of nitrogens with two attached hydrogens (primary N) is 1. The Balaban J connectivity index is 1.81. The number of benzene rings is 1. The summed E-state index contributed by atoms with van der Waals surface area (Å²) < 4.78 is 45.1. The Morgan fingerprint density at radius 3 is 2.77 bits per heavy atom. The summed E-state index contributed by atoms with van der Waals surface area (Å²) in [6, 6.07) is 8.24. The van der Waals surface area contributed by atoms with Crippen LogP contribution in [-0.2, 0) is 12.8 Å². The van der Waals surface area contributed by atoms with Gasteiger partial charge in [-0.05, 0) is 30.3 Å². The third kappa shape index (κ3) is 2.83. The number of nitrogens with zero attached hydrogens (tertiary/aromatic N) is 2. The number of nitrogen functional groups attached to an aromatic ring is 1. The third-order valence-corrected chi connectivity index (χ3v) is 3.15. The Kier molecular flexibility index (Phi) is 3.40. The summed E-state index contributed by atoms with van der Waals surface area (Å²) in [6.45, 7) is 0.0892. The minimum Gasteiger partial charge on any atom is -0.487 e. The molecule has 2 heterocycles. The fourth-order valence-electron chi connectivity index (χ4n) is 2.07. The summed E-state index contributed by atoms with van der Waals surface area (Å²) >= 11 is 0. The van der Waals surface area contributed by atoms with Gasteiger partial charge in [0.1, 0.15) is 18.0 Å². The molecule has 2 aromatic heterocycles. The minimum atomic E-state index is -4.39. The molecule has 22 heavy (non-hydrogen) atoms. The van der Waals surface area contributed by atoms with Gasteiger partial charge in [0.15, 0.2) is 0 Å². The molecule has 0 unspecified atom stereocenters. The maximum absolute atomic E-state index is 12.7. The van der Waals surface area contributed by atoms with E-state index >= 15 is 0 Å². The molecule has 0 aliphatic carbocycles. The highest BCUT2D eigenvalue weighted by atomic mass is 19.4. The van der Waals surface area contributed by atoms with E-state index in [0.717, 1.165) is 12.1 Å². The highest BCUT2D eigenvalue weighted by Crippen LogP contribution is 2.31. The summed E-state index contributed by atoms with van der Waals surface area (Å²) in [5, 5.41) is 0. The van der Waals surface area contributed by atoms with Crippen LogP contribution in [0.4, 0.5) is 18.9 Å². The van der Waals surface area contributed by atoms with Crippen molar-refractivity contribution < 1.29 is 17.9 Å². The van der Waals surface area contributed by atoms with Crippen LogP contribution in [-0.4, -0.2) is 9.38 Å². The maximum Gasteiger partial charge on any atom is 0.416 e. The van der Waals surface area contributed by atoms with E-state index in [4.69, 9.17) is 10.5 Å². The summed E-state index contributed by atoms with van der Waals surface area (Å²) in [6.07, 6.45) is -1.10. The first kappa shape index (κ1) is 14.2. The minimum absolute atomic E-state index is 0.0892. The van der Waals surface area contributed by atoms with Crippen molar-refractivity contribution in [3.05, 3.63) is 60.0 Å². The number of aromatic nitrogens is 2. The zero-order valence-electron chi connectivity index (χ0n) is 11.3. The van der Waals surface area contributed by atoms with Crippen molar-refractivity contribution in [3.8, 4) is 5.75 Å². The Bertz CT molecular complexity index is 811. The van der Waals surface area contributed by atoms with Crippen molar-refractivity contribution in [2.24, 2.45) is 0 Å². The first-order valence-electron chi connectivity index (χ1n) is 6.45. The van der Waals surface area contributed by atoms with Gasteiger partial charge in [0.05, 0.1) is 17.5 Å². The second-order valence-corrected chi connectivity index (χ2v) is 4.75. The Morgan fingerprint density at radius 2 is 2.00 bits per heavy atom. The molecule has 0 atom stereocenters. The topological polar surface area (TPSA) is 52.5 Å². The summed E-state index contributed by atoms with van der Waals surface area (Å²) in [4.78, 5) is 4.18. The van der Waals surface area contributed by atoms with Crippen molar-refractivity contribution in [2.45, 2.75) is 12.8 Å². The highest BCUT2D eigenvalue weighted by molar-refractivity contribution is 5.48. The van der Waals surface area contributed by atoms with E-state index in [1.54, 1.807) is 28.9 Å². The molecule has 0 amide bonds. The molecule has 114 valence electrons. The second kappa shape index (κ2) is 5.25. The lowest BCUT2D eigenvalue weighted by Crippen LogP contribution is -2.05. The molecule has 0 saturated heterocycles. The first-order chi connectivity index (χ1) is 10.4. The van der Waals surface area contributed by atoms with Gasteiger partial charge in [-0.25, -0.2) is 4.98 Å². The number of hydrogen-bond donors (Lipinski definition) is 1. The van der Waals surface area contributed by atoms with Gasteiger partial charge >= 0.3 is 6.18 Å². The largest absolute Gasteiger partial charge is 0.487 e. The zero-order chi connectivity index (χ0) is 15.7. The van der Waals surface area contributed by atoms with Gasteiger partial charge in [0, 0.05) is 11.9 Å². The molecule has 0 bridgehead atoms. The number of hydrogen-bond acceptors (Lipinski definition) is 3. The number of alkyl halides is 3. The van der Waals surface area contributed by atoms with Gasteiger partial charge in [-0.2, -0.15) is 13.2 Å². The summed E-state index contributed by atoms with van der Waals surface area (Å²) in [7, 11) is 0. The van der Waals surface area contributed by atoms with Crippen LogP contribution in [0.1, 0.15) is 11.3 Å². The molecule has 0 saturated carbocycles. The molecule has 0 radical (unpaired) electrons. The van der Waals surface area contributed by atoms with Crippen LogP contribution >= 0.6 is 0 Å². The molecule has 0 fully saturated rings. The molecule has 7 heteroatoms. The lowest BCUT2D eigenvalue weighted by atomic mass is 10.2. The summed E-state index contributed by atoms with van der Waals surface area (Å²) in [5.74, 6) is 0.147. The average molecular weight is 307 g/mol. The van der Waals surface area contributed by atoms with E-state index in [1.165, 1.54) is 12.1 Å². The lowest BCUT2D eigenvalue weighted by molar-refractivity contribution is -0.137. The van der Waals surface area contributed by atoms with Crippen molar-refractivity contribution in [2.75, 3.05) is 5.73 Å². The highest BCUT2D eigenvalue weighted by Gasteiger charge is 2.30. The average Bonchev–Trinajstić information content (AvgIpc) is 2.87. The number of imidazole rings is 1. The van der Waals surface area contributed by atoms with E-state index in [1.807, 2.05) is 0 Å². The SMILES string of the molecule is Nc1ccc2ncc(COc3cccc(C(F)(F)F)c3)n2c1. The van der Waals surface area contributed by atoms with Crippen molar-refractivity contribution in [1.29, 1.82) is 0 Å². The van der Waals surface area contributed by atoms with E-state index < -0.39 is 11.7 Å². The van der Waals surface area contributed by atoms with E-state index in [9.17, 15) is 13.2 Å². The van der Waals surface area contributed by atoms with Crippen LogP contribution in [0, 0.1) is 0 Å². The maximum atomic E-state index is 12.7. The van der Waals surface area contributed by atoms with Crippen LogP contribution < -0.4 is 10.5 Å². The Hall–Kier alpha value is -2.70. The predicted octanol–water partition coefficient (Wildman–Crippen LogP) is 3.51. The van der Waals surface area contributed by atoms with Crippen molar-refractivity contribution >= 4 is 11.3 Å². The number of pyridine rings is 1. The van der Waals surface area contributed by atoms with E-state index in [-0.39, 0.29) is 12.4 Å². The molecular weight excluding hydrogens is 295 g/mol. The van der Waals surface area contributed by atoms with Gasteiger partial charge in [-0.3, -0.25) is 4.40 Å². The number of anilines is 1. The lowest BCUT2D eigenvalue weighted by Gasteiger charge is -2.10. The van der Waals surface area contributed by atoms with Gasteiger partial charge in [0.25, 0.3) is 0 Å². The molecular formula is C15H12F3N3O. The second-order valence-electron chi connectivity index (χ2n) is 4.75. The molecule has 2 N–H and O–H groups in total. The molecule has 0 aliphatic rings. The van der Waals surface area contributed by atoms with Crippen LogP contribution in [0.3, 0.4) is 0 Å². The standard InChI is InChI=1S/C15H12F3N3O/c16-15(17,18)10-2-1-3-13(6-10)22-9-12-7-20-14-5-4-11(19)8-21(12)14/h1-8H,9,19H2. The van der Waals surface area contributed by atoms with Gasteiger partial charge < -0.3 is 10.5 Å². The fraction of sp³-hybridized carbons (Fsp3) is 0.133. The number of fused-ring (bicyclic) bond motifs is 1. The quantitative estimate of drug-likeness (QED) is 0.805. The molecule has 0 aliphatic heterocycles. The van der Waals surface area contributed by atoms with Gasteiger partial charge in [-0.1, -0.05) is 6.07 Å². The van der Waals surface area contributed by atoms with E-state index in [0.29, 0.717) is 17.0 Å². The third-order valence-electron chi connectivity index (χ3n) is 3.15. The smallest absolute Gasteiger partial charge is 0.416 e. The number of halogens is 3. The Morgan fingerprint density at radius 1 is 1.18 bits per heavy atom. The summed E-state index contributed by atoms with van der Waals surface area (Å²) in [5.41, 5.74) is 6.92. The normalized spacial score (nSPS) is 11.8. The molecule has 1 aromatic carbocycles. The molecule has 3 rings (SSSR count). The van der Waals surface area contributed by atoms with Crippen molar-refractivity contribution in [3.63, 3.8) is 0 Å². The Labute approximate surface area is 124 Å². The van der Waals surface area contributed by atoms with E-state index in [2.05, 4.69) is 4.98 Å². The predicted molar refractivity (Wildman–Crippen MR) is 75.4 cm³/mol. The molecule has 0 spiro atoms. The fourth-order valence-corrected chi connectivity index (χ4v) is 2.07. The van der Waals surface area contributed by atoms with Crippen LogP contribution in [0.2, 0.25) is 0 Å². The first-order valence-corrected chi connectivity index (χ1v) is 6.45. The van der Waals surface area contributed by atoms with Gasteiger partial charge in [0.2, 0.25) is 0 Å². The monoisotopic (exact) mass is 307 g/mol. The van der Waals surface area contributed by atoms with Gasteiger partial charge in [-0.15, -0.1) is 0 Å². The zero-order valence-corrected chi connectivity index (χ0v) is 11.3. The van der Waals surface area contributed by atoms with Crippen LogP contribution in [0.15, 0.2) is 48.8 Å². The number of ether oxygens (including phenoxy) is 1. The van der Waals surface area contributed by atoms with Crippen LogP contribution in [0.25, 0.3) is 5.65 Å².